The molecular formula is C13H25NaO2S. The van der Waals surface area contributed by atoms with Crippen LogP contribution in [0.2, 0.25) is 0 Å². The molecule has 0 radical (unpaired) electrons. The third kappa shape index (κ3) is 19.3. The Morgan fingerprint density at radius 3 is 1.47 bits per heavy atom. The first-order valence-electron chi connectivity index (χ1n) is 6.58. The summed E-state index contributed by atoms with van der Waals surface area (Å²) in [6.07, 6.45) is 12.3. The first-order valence-corrected chi connectivity index (χ1v) is 7.21. The van der Waals surface area contributed by atoms with Crippen molar-refractivity contribution in [2.75, 3.05) is 5.75 Å². The fourth-order valence-electron chi connectivity index (χ4n) is 1.80. The smallest absolute Gasteiger partial charge is 0.550 e. The zero-order chi connectivity index (χ0) is 12.1. The minimum absolute atomic E-state index is 0. The number of hydrogen-bond acceptors (Lipinski definition) is 3. The molecule has 0 aliphatic rings. The molecule has 0 bridgehead atoms. The molecule has 17 heavy (non-hydrogen) atoms. The Hall–Kier alpha value is 0.820. The number of aliphatic carboxylic acids is 1. The average Bonchev–Trinajstić information content (AvgIpc) is 2.25. The summed E-state index contributed by atoms with van der Waals surface area (Å²) in [5, 5.41) is 10.1. The van der Waals surface area contributed by atoms with Crippen LogP contribution in [0.25, 0.3) is 0 Å². The number of unbranched alkanes of at least 4 members (excludes halogenated alkanes) is 9. The molecule has 2 nitrogen and oxygen atoms in total. The predicted octanol–water partition coefficient (Wildman–Crippen LogP) is -0.0388. The minimum Gasteiger partial charge on any atom is -0.550 e. The zero-order valence-corrected chi connectivity index (χ0v) is 14.1. The second-order valence-corrected chi connectivity index (χ2v) is 4.83. The summed E-state index contributed by atoms with van der Waals surface area (Å²) in [4.78, 5) is 10.1. The molecule has 0 aliphatic carbocycles. The van der Waals surface area contributed by atoms with Gasteiger partial charge in [0.2, 0.25) is 0 Å². The Bertz CT molecular complexity index is 165. The van der Waals surface area contributed by atoms with E-state index in [0.717, 1.165) is 18.6 Å². The van der Waals surface area contributed by atoms with Gasteiger partial charge in [-0.1, -0.05) is 51.4 Å². The van der Waals surface area contributed by atoms with Gasteiger partial charge in [-0.05, 0) is 25.0 Å². The van der Waals surface area contributed by atoms with E-state index in [1.165, 1.54) is 51.4 Å². The molecule has 0 atom stereocenters. The van der Waals surface area contributed by atoms with Crippen molar-refractivity contribution in [1.82, 2.24) is 0 Å². The molecule has 4 heteroatoms. The average molecular weight is 268 g/mol. The van der Waals surface area contributed by atoms with Crippen LogP contribution in [-0.4, -0.2) is 11.7 Å². The van der Waals surface area contributed by atoms with Gasteiger partial charge in [-0.3, -0.25) is 0 Å². The number of rotatable bonds is 12. The zero-order valence-electron chi connectivity index (χ0n) is 11.2. The molecule has 0 aromatic rings. The van der Waals surface area contributed by atoms with E-state index >= 15 is 0 Å². The summed E-state index contributed by atoms with van der Waals surface area (Å²) in [6, 6.07) is 0. The Labute approximate surface area is 134 Å². The standard InChI is InChI=1S/C13H26O2S.Na/c14-13(15)11-9-7-5-3-1-2-4-6-8-10-12-16;/h16H,1-12H2,(H,14,15);/q;+1/p-1. The van der Waals surface area contributed by atoms with Crippen LogP contribution in [-0.2, 0) is 4.79 Å². The van der Waals surface area contributed by atoms with Gasteiger partial charge in [0, 0.05) is 5.97 Å². The fourth-order valence-corrected chi connectivity index (χ4v) is 2.02. The van der Waals surface area contributed by atoms with Crippen LogP contribution in [0.5, 0.6) is 0 Å². The van der Waals surface area contributed by atoms with Gasteiger partial charge in [0.05, 0.1) is 0 Å². The number of hydrogen-bond donors (Lipinski definition) is 1. The molecular weight excluding hydrogens is 243 g/mol. The van der Waals surface area contributed by atoms with E-state index in [1.54, 1.807) is 0 Å². The molecule has 0 rings (SSSR count). The number of carboxylic acids is 1. The van der Waals surface area contributed by atoms with Crippen molar-refractivity contribution in [3.8, 4) is 0 Å². The number of thiol groups is 1. The van der Waals surface area contributed by atoms with Gasteiger partial charge in [-0.15, -0.1) is 0 Å². The van der Waals surface area contributed by atoms with Crippen LogP contribution in [0.4, 0.5) is 0 Å². The van der Waals surface area contributed by atoms with Gasteiger partial charge in [0.1, 0.15) is 0 Å². The number of carboxylic acid groups (broad SMARTS) is 1. The van der Waals surface area contributed by atoms with E-state index in [-0.39, 0.29) is 36.0 Å². The van der Waals surface area contributed by atoms with Gasteiger partial charge in [-0.2, -0.15) is 12.6 Å². The SMILES string of the molecule is O=C([O-])CCCCCCCCCCCCS.[Na+]. The summed E-state index contributed by atoms with van der Waals surface area (Å²) in [6.45, 7) is 0. The van der Waals surface area contributed by atoms with Crippen LogP contribution >= 0.6 is 12.6 Å². The van der Waals surface area contributed by atoms with Gasteiger partial charge in [0.25, 0.3) is 0 Å². The quantitative estimate of drug-likeness (QED) is 0.306. The summed E-state index contributed by atoms with van der Waals surface area (Å²) in [7, 11) is 0. The van der Waals surface area contributed by atoms with Gasteiger partial charge in [-0.25, -0.2) is 0 Å². The number of carbonyl (C=O) groups is 1. The summed E-state index contributed by atoms with van der Waals surface area (Å²) in [5.74, 6) is 0.0995. The van der Waals surface area contributed by atoms with E-state index in [1.807, 2.05) is 0 Å². The molecule has 0 heterocycles. The van der Waals surface area contributed by atoms with E-state index in [0.29, 0.717) is 0 Å². The topological polar surface area (TPSA) is 40.1 Å². The van der Waals surface area contributed by atoms with Crippen molar-refractivity contribution in [2.24, 2.45) is 0 Å². The van der Waals surface area contributed by atoms with Crippen LogP contribution in [0.3, 0.4) is 0 Å². The maximum atomic E-state index is 10.1. The van der Waals surface area contributed by atoms with Crippen molar-refractivity contribution < 1.29 is 39.5 Å². The molecule has 0 aromatic heterocycles. The third-order valence-corrected chi connectivity index (χ3v) is 3.11. The van der Waals surface area contributed by atoms with E-state index in [2.05, 4.69) is 12.6 Å². The Morgan fingerprint density at radius 2 is 1.12 bits per heavy atom. The predicted molar refractivity (Wildman–Crippen MR) is 69.6 cm³/mol. The molecule has 0 aromatic carbocycles. The van der Waals surface area contributed by atoms with Gasteiger partial charge >= 0.3 is 29.6 Å². The van der Waals surface area contributed by atoms with Crippen molar-refractivity contribution in [3.63, 3.8) is 0 Å². The number of carbonyl (C=O) groups excluding carboxylic acids is 1. The van der Waals surface area contributed by atoms with Crippen LogP contribution in [0, 0.1) is 0 Å². The molecule has 0 aliphatic heterocycles. The summed E-state index contributed by atoms with van der Waals surface area (Å²) in [5.41, 5.74) is 0. The molecule has 0 unspecified atom stereocenters. The Balaban J connectivity index is 0. The monoisotopic (exact) mass is 268 g/mol. The first kappa shape index (κ1) is 20.1. The van der Waals surface area contributed by atoms with E-state index in [9.17, 15) is 9.90 Å². The molecule has 0 saturated heterocycles. The minimum atomic E-state index is -0.913. The molecule has 96 valence electrons. The fraction of sp³-hybridized carbons (Fsp3) is 0.923. The molecule has 0 spiro atoms. The van der Waals surface area contributed by atoms with Gasteiger partial charge in [0.15, 0.2) is 0 Å². The molecule has 0 N–H and O–H groups in total. The molecule has 0 fully saturated rings. The van der Waals surface area contributed by atoms with E-state index in [4.69, 9.17) is 0 Å². The van der Waals surface area contributed by atoms with Crippen LogP contribution in [0.15, 0.2) is 0 Å². The van der Waals surface area contributed by atoms with E-state index < -0.39 is 5.97 Å². The van der Waals surface area contributed by atoms with Crippen molar-refractivity contribution in [3.05, 3.63) is 0 Å². The molecule has 0 saturated carbocycles. The van der Waals surface area contributed by atoms with Crippen LogP contribution in [0.1, 0.15) is 70.6 Å². The first-order chi connectivity index (χ1) is 7.77. The Kier molecular flexibility index (Phi) is 19.9. The normalized spacial score (nSPS) is 9.94. The maximum Gasteiger partial charge on any atom is 1.00 e. The van der Waals surface area contributed by atoms with Crippen molar-refractivity contribution >= 4 is 18.6 Å². The second-order valence-electron chi connectivity index (χ2n) is 4.38. The Morgan fingerprint density at radius 1 is 0.765 bits per heavy atom. The summed E-state index contributed by atoms with van der Waals surface area (Å²) < 4.78 is 0. The van der Waals surface area contributed by atoms with Crippen molar-refractivity contribution in [1.29, 1.82) is 0 Å². The summed E-state index contributed by atoms with van der Waals surface area (Å²) >= 11 is 4.18. The van der Waals surface area contributed by atoms with Gasteiger partial charge < -0.3 is 9.90 Å². The van der Waals surface area contributed by atoms with Crippen LogP contribution < -0.4 is 34.7 Å². The van der Waals surface area contributed by atoms with Crippen molar-refractivity contribution in [2.45, 2.75) is 70.6 Å². The molecule has 0 amide bonds. The second kappa shape index (κ2) is 16.8. The maximum absolute atomic E-state index is 10.1. The largest absolute Gasteiger partial charge is 1.00 e. The third-order valence-electron chi connectivity index (χ3n) is 2.79.